The molecule has 1 heterocycles. The van der Waals surface area contributed by atoms with Crippen molar-refractivity contribution in [3.8, 4) is 0 Å². The fourth-order valence-electron chi connectivity index (χ4n) is 1.19. The van der Waals surface area contributed by atoms with Gasteiger partial charge in [0, 0.05) is 6.54 Å². The minimum Gasteiger partial charge on any atom is -0.316 e. The first kappa shape index (κ1) is 6.60. The number of nitrogens with one attached hydrogen (secondary N) is 1. The van der Waals surface area contributed by atoms with Crippen molar-refractivity contribution in [3.63, 3.8) is 0 Å². The summed E-state index contributed by atoms with van der Waals surface area (Å²) in [6, 6.07) is 0. The third kappa shape index (κ3) is 2.05. The minimum atomic E-state index is 0.691. The second kappa shape index (κ2) is 3.49. The zero-order chi connectivity index (χ0) is 6.53. The highest BCUT2D eigenvalue weighted by molar-refractivity contribution is 4.87. The second-order valence-corrected chi connectivity index (χ2v) is 2.48. The van der Waals surface area contributed by atoms with Crippen molar-refractivity contribution in [3.05, 3.63) is 18.4 Å². The van der Waals surface area contributed by atoms with Crippen LogP contribution in [0.15, 0.2) is 18.4 Å². The van der Waals surface area contributed by atoms with E-state index in [1.807, 2.05) is 0 Å². The first-order valence-corrected chi connectivity index (χ1v) is 3.50. The summed E-state index contributed by atoms with van der Waals surface area (Å²) in [6.07, 6.45) is 4.66. The van der Waals surface area contributed by atoms with E-state index in [9.17, 15) is 0 Å². The predicted octanol–water partition coefficient (Wildman–Crippen LogP) is 1.33. The smallest absolute Gasteiger partial charge is 0.00203 e. The number of hydrogen-bond acceptors (Lipinski definition) is 1. The van der Waals surface area contributed by atoms with Crippen molar-refractivity contribution in [1.82, 2.24) is 5.32 Å². The molecule has 1 unspecified atom stereocenters. The molecule has 0 aromatic carbocycles. The largest absolute Gasteiger partial charge is 0.316 e. The van der Waals surface area contributed by atoms with Gasteiger partial charge in [-0.2, -0.15) is 0 Å². The zero-order valence-corrected chi connectivity index (χ0v) is 5.69. The summed E-state index contributed by atoms with van der Waals surface area (Å²) >= 11 is 0. The van der Waals surface area contributed by atoms with Crippen LogP contribution in [0, 0.1) is 5.92 Å². The molecular weight excluding hydrogens is 110 g/mol. The van der Waals surface area contributed by atoms with Crippen LogP contribution in [0.1, 0.15) is 12.8 Å². The van der Waals surface area contributed by atoms with Gasteiger partial charge in [-0.15, -0.1) is 5.73 Å². The summed E-state index contributed by atoms with van der Waals surface area (Å²) < 4.78 is 0. The van der Waals surface area contributed by atoms with Gasteiger partial charge in [0.05, 0.1) is 0 Å². The monoisotopic (exact) mass is 123 g/mol. The average molecular weight is 123 g/mol. The molecule has 0 amide bonds. The summed E-state index contributed by atoms with van der Waals surface area (Å²) in [5, 5.41) is 3.32. The minimum absolute atomic E-state index is 0.691. The molecule has 0 saturated carbocycles. The Balaban J connectivity index is 2.31. The van der Waals surface area contributed by atoms with Crippen molar-refractivity contribution < 1.29 is 0 Å². The quantitative estimate of drug-likeness (QED) is 0.519. The van der Waals surface area contributed by atoms with Gasteiger partial charge in [0.2, 0.25) is 0 Å². The average Bonchev–Trinajstić information content (AvgIpc) is 1.91. The first-order chi connectivity index (χ1) is 4.43. The van der Waals surface area contributed by atoms with Crippen molar-refractivity contribution in [1.29, 1.82) is 0 Å². The molecule has 1 heteroatoms. The Labute approximate surface area is 56.5 Å². The van der Waals surface area contributed by atoms with E-state index in [1.54, 1.807) is 0 Å². The SMILES string of the molecule is C=C=CC1CCCNC1. The molecule has 0 bridgehead atoms. The van der Waals surface area contributed by atoms with Crippen LogP contribution in [0.3, 0.4) is 0 Å². The second-order valence-electron chi connectivity index (χ2n) is 2.48. The van der Waals surface area contributed by atoms with Crippen LogP contribution < -0.4 is 5.32 Å². The third-order valence-electron chi connectivity index (χ3n) is 1.69. The Morgan fingerprint density at radius 2 is 2.56 bits per heavy atom. The Hall–Kier alpha value is -0.520. The van der Waals surface area contributed by atoms with Crippen LogP contribution in [-0.4, -0.2) is 13.1 Å². The van der Waals surface area contributed by atoms with Crippen LogP contribution >= 0.6 is 0 Å². The maximum absolute atomic E-state index is 3.55. The normalized spacial score (nSPS) is 26.9. The van der Waals surface area contributed by atoms with Crippen molar-refractivity contribution >= 4 is 0 Å². The summed E-state index contributed by atoms with van der Waals surface area (Å²) in [5.74, 6) is 0.691. The van der Waals surface area contributed by atoms with E-state index in [-0.39, 0.29) is 0 Å². The zero-order valence-electron chi connectivity index (χ0n) is 5.69. The van der Waals surface area contributed by atoms with Gasteiger partial charge in [-0.25, -0.2) is 0 Å². The molecule has 0 radical (unpaired) electrons. The Morgan fingerprint density at radius 3 is 3.11 bits per heavy atom. The predicted molar refractivity (Wildman–Crippen MR) is 39.3 cm³/mol. The lowest BCUT2D eigenvalue weighted by atomic mass is 10.00. The Kier molecular flexibility index (Phi) is 2.56. The van der Waals surface area contributed by atoms with Crippen molar-refractivity contribution in [2.75, 3.05) is 13.1 Å². The molecule has 1 atom stereocenters. The van der Waals surface area contributed by atoms with Crippen molar-refractivity contribution in [2.24, 2.45) is 5.92 Å². The molecule has 50 valence electrons. The van der Waals surface area contributed by atoms with Gasteiger partial charge in [0.25, 0.3) is 0 Å². The maximum Gasteiger partial charge on any atom is 0.00203 e. The molecule has 0 aromatic rings. The van der Waals surface area contributed by atoms with E-state index in [2.05, 4.69) is 23.7 Å². The molecular formula is C8H13N. The molecule has 1 saturated heterocycles. The highest BCUT2D eigenvalue weighted by atomic mass is 14.9. The van der Waals surface area contributed by atoms with Crippen LogP contribution in [-0.2, 0) is 0 Å². The van der Waals surface area contributed by atoms with Gasteiger partial charge >= 0.3 is 0 Å². The molecule has 9 heavy (non-hydrogen) atoms. The molecule has 1 aliphatic rings. The lowest BCUT2D eigenvalue weighted by molar-refractivity contribution is 0.439. The fraction of sp³-hybridized carbons (Fsp3) is 0.625. The van der Waals surface area contributed by atoms with E-state index in [1.165, 1.54) is 19.4 Å². The lowest BCUT2D eigenvalue weighted by Gasteiger charge is -2.18. The van der Waals surface area contributed by atoms with Gasteiger partial charge in [0.1, 0.15) is 0 Å². The summed E-state index contributed by atoms with van der Waals surface area (Å²) in [5.41, 5.74) is 2.82. The highest BCUT2D eigenvalue weighted by Gasteiger charge is 2.07. The van der Waals surface area contributed by atoms with E-state index in [0.29, 0.717) is 5.92 Å². The van der Waals surface area contributed by atoms with Gasteiger partial charge in [-0.3, -0.25) is 0 Å². The molecule has 0 aromatic heterocycles. The van der Waals surface area contributed by atoms with E-state index in [0.717, 1.165) is 6.54 Å². The molecule has 1 nitrogen and oxygen atoms in total. The van der Waals surface area contributed by atoms with E-state index in [4.69, 9.17) is 0 Å². The molecule has 1 aliphatic heterocycles. The molecule has 0 aliphatic carbocycles. The van der Waals surface area contributed by atoms with Gasteiger partial charge in [-0.1, -0.05) is 6.58 Å². The molecule has 1 fully saturated rings. The summed E-state index contributed by atoms with van der Waals surface area (Å²) in [7, 11) is 0. The van der Waals surface area contributed by atoms with Gasteiger partial charge in [0.15, 0.2) is 0 Å². The van der Waals surface area contributed by atoms with Crippen LogP contribution in [0.4, 0.5) is 0 Å². The molecule has 1 N–H and O–H groups in total. The maximum atomic E-state index is 3.55. The number of hydrogen-bond donors (Lipinski definition) is 1. The lowest BCUT2D eigenvalue weighted by Crippen LogP contribution is -2.28. The number of rotatable bonds is 1. The third-order valence-corrected chi connectivity index (χ3v) is 1.69. The summed E-state index contributed by atoms with van der Waals surface area (Å²) in [4.78, 5) is 0. The van der Waals surface area contributed by atoms with Gasteiger partial charge < -0.3 is 5.32 Å². The van der Waals surface area contributed by atoms with Crippen LogP contribution in [0.2, 0.25) is 0 Å². The molecule has 1 rings (SSSR count). The standard InChI is InChI=1S/C8H13N/c1-2-4-8-5-3-6-9-7-8/h4,8-9H,1,3,5-7H2. The summed E-state index contributed by atoms with van der Waals surface area (Å²) in [6.45, 7) is 5.84. The van der Waals surface area contributed by atoms with Crippen LogP contribution in [0.5, 0.6) is 0 Å². The van der Waals surface area contributed by atoms with Crippen molar-refractivity contribution in [2.45, 2.75) is 12.8 Å². The Morgan fingerprint density at radius 1 is 1.67 bits per heavy atom. The topological polar surface area (TPSA) is 12.0 Å². The van der Waals surface area contributed by atoms with E-state index < -0.39 is 0 Å². The van der Waals surface area contributed by atoms with E-state index >= 15 is 0 Å². The Bertz CT molecular complexity index is 117. The van der Waals surface area contributed by atoms with Gasteiger partial charge in [-0.05, 0) is 31.4 Å². The highest BCUT2D eigenvalue weighted by Crippen LogP contribution is 2.09. The fourth-order valence-corrected chi connectivity index (χ4v) is 1.19. The molecule has 0 spiro atoms. The van der Waals surface area contributed by atoms with Crippen LogP contribution in [0.25, 0.3) is 0 Å². The first-order valence-electron chi connectivity index (χ1n) is 3.50. The number of piperidine rings is 1.